The minimum absolute atomic E-state index is 0.0511. The fraction of sp³-hybridized carbons (Fsp3) is 0.235. The predicted molar refractivity (Wildman–Crippen MR) is 93.6 cm³/mol. The number of amides is 2. The van der Waals surface area contributed by atoms with Crippen molar-refractivity contribution in [2.75, 3.05) is 7.11 Å². The fourth-order valence-electron chi connectivity index (χ4n) is 2.16. The lowest BCUT2D eigenvalue weighted by Gasteiger charge is -2.12. The van der Waals surface area contributed by atoms with Crippen molar-refractivity contribution in [1.82, 2.24) is 5.32 Å². The number of benzene rings is 1. The maximum Gasteiger partial charge on any atom is 0.326 e. The summed E-state index contributed by atoms with van der Waals surface area (Å²) in [7, 11) is 1.57. The number of ether oxygens (including phenoxy) is 1. The van der Waals surface area contributed by atoms with Crippen LogP contribution in [0.15, 0.2) is 36.4 Å². The molecule has 0 aliphatic heterocycles. The van der Waals surface area contributed by atoms with Gasteiger partial charge in [0.15, 0.2) is 0 Å². The molecule has 1 aromatic heterocycles. The Kier molecular flexibility index (Phi) is 6.13. The van der Waals surface area contributed by atoms with Crippen LogP contribution in [0.3, 0.4) is 0 Å². The zero-order chi connectivity index (χ0) is 18.4. The van der Waals surface area contributed by atoms with Crippen LogP contribution in [-0.2, 0) is 9.59 Å². The Labute approximate surface area is 148 Å². The van der Waals surface area contributed by atoms with Gasteiger partial charge < -0.3 is 20.9 Å². The van der Waals surface area contributed by atoms with Gasteiger partial charge in [-0.15, -0.1) is 11.3 Å². The average Bonchev–Trinajstić information content (AvgIpc) is 3.08. The molecule has 0 radical (unpaired) electrons. The Hall–Kier alpha value is -2.87. The van der Waals surface area contributed by atoms with Gasteiger partial charge in [0.2, 0.25) is 5.91 Å². The molecule has 2 rings (SSSR count). The lowest BCUT2D eigenvalue weighted by molar-refractivity contribution is -0.139. The molecular weight excluding hydrogens is 344 g/mol. The first kappa shape index (κ1) is 18.5. The number of thiophene rings is 1. The third kappa shape index (κ3) is 5.05. The first-order valence-electron chi connectivity index (χ1n) is 7.47. The monoisotopic (exact) mass is 362 g/mol. The van der Waals surface area contributed by atoms with Crippen LogP contribution in [0.2, 0.25) is 0 Å². The molecule has 1 aromatic carbocycles. The number of carbonyl (C=O) groups excluding carboxylic acids is 2. The SMILES string of the molecule is COc1cccc(-c2ccc(C(=O)N[C@@H](CCC(N)=O)C(=O)O)s2)c1. The molecule has 1 atom stereocenters. The van der Waals surface area contributed by atoms with Gasteiger partial charge in [-0.05, 0) is 36.2 Å². The molecule has 7 nitrogen and oxygen atoms in total. The van der Waals surface area contributed by atoms with E-state index in [1.165, 1.54) is 11.3 Å². The van der Waals surface area contributed by atoms with Crippen LogP contribution >= 0.6 is 11.3 Å². The smallest absolute Gasteiger partial charge is 0.326 e. The number of rotatable bonds is 8. The van der Waals surface area contributed by atoms with Gasteiger partial charge in [0.25, 0.3) is 5.91 Å². The van der Waals surface area contributed by atoms with Gasteiger partial charge >= 0.3 is 5.97 Å². The van der Waals surface area contributed by atoms with Gasteiger partial charge in [0, 0.05) is 11.3 Å². The van der Waals surface area contributed by atoms with Crippen LogP contribution in [0.1, 0.15) is 22.5 Å². The normalized spacial score (nSPS) is 11.6. The Bertz CT molecular complexity index is 787. The van der Waals surface area contributed by atoms with E-state index in [0.29, 0.717) is 10.6 Å². The van der Waals surface area contributed by atoms with Gasteiger partial charge in [0.05, 0.1) is 12.0 Å². The summed E-state index contributed by atoms with van der Waals surface area (Å²) in [5.41, 5.74) is 5.92. The Morgan fingerprint density at radius 1 is 1.28 bits per heavy atom. The Morgan fingerprint density at radius 3 is 2.68 bits per heavy atom. The number of nitrogens with two attached hydrogens (primary N) is 1. The van der Waals surface area contributed by atoms with Crippen LogP contribution in [0.4, 0.5) is 0 Å². The van der Waals surface area contributed by atoms with E-state index in [9.17, 15) is 14.4 Å². The Morgan fingerprint density at radius 2 is 2.04 bits per heavy atom. The van der Waals surface area contributed by atoms with Crippen molar-refractivity contribution in [2.24, 2.45) is 5.73 Å². The number of hydrogen-bond acceptors (Lipinski definition) is 5. The van der Waals surface area contributed by atoms with Crippen molar-refractivity contribution < 1.29 is 24.2 Å². The molecule has 0 saturated heterocycles. The molecule has 0 fully saturated rings. The molecule has 1 heterocycles. The maximum atomic E-state index is 12.3. The zero-order valence-electron chi connectivity index (χ0n) is 13.5. The van der Waals surface area contributed by atoms with Crippen LogP contribution in [-0.4, -0.2) is 36.0 Å². The topological polar surface area (TPSA) is 119 Å². The van der Waals surface area contributed by atoms with E-state index in [0.717, 1.165) is 10.4 Å². The summed E-state index contributed by atoms with van der Waals surface area (Å²) in [4.78, 5) is 35.5. The van der Waals surface area contributed by atoms with Crippen molar-refractivity contribution in [3.05, 3.63) is 41.3 Å². The van der Waals surface area contributed by atoms with E-state index in [-0.39, 0.29) is 12.8 Å². The average molecular weight is 362 g/mol. The summed E-state index contributed by atoms with van der Waals surface area (Å²) in [5, 5.41) is 11.6. The van der Waals surface area contributed by atoms with Crippen molar-refractivity contribution in [3.8, 4) is 16.2 Å². The molecule has 132 valence electrons. The molecule has 2 aromatic rings. The molecule has 0 saturated carbocycles. The highest BCUT2D eigenvalue weighted by Crippen LogP contribution is 2.30. The number of nitrogens with one attached hydrogen (secondary N) is 1. The summed E-state index contributed by atoms with van der Waals surface area (Å²) in [6, 6.07) is 9.65. The van der Waals surface area contributed by atoms with E-state index in [1.807, 2.05) is 24.3 Å². The number of hydrogen-bond donors (Lipinski definition) is 3. The minimum Gasteiger partial charge on any atom is -0.497 e. The summed E-state index contributed by atoms with van der Waals surface area (Å²) < 4.78 is 5.18. The number of carboxylic acid groups (broad SMARTS) is 1. The first-order valence-corrected chi connectivity index (χ1v) is 8.28. The van der Waals surface area contributed by atoms with Gasteiger partial charge in [0.1, 0.15) is 11.8 Å². The van der Waals surface area contributed by atoms with E-state index < -0.39 is 23.8 Å². The fourth-order valence-corrected chi connectivity index (χ4v) is 3.07. The lowest BCUT2D eigenvalue weighted by Crippen LogP contribution is -2.41. The van der Waals surface area contributed by atoms with Crippen LogP contribution in [0, 0.1) is 0 Å². The van der Waals surface area contributed by atoms with Crippen LogP contribution < -0.4 is 15.8 Å². The molecule has 0 unspecified atom stereocenters. The van der Waals surface area contributed by atoms with Crippen LogP contribution in [0.5, 0.6) is 5.75 Å². The predicted octanol–water partition coefficient (Wildman–Crippen LogP) is 1.87. The lowest BCUT2D eigenvalue weighted by atomic mass is 10.1. The third-order valence-electron chi connectivity index (χ3n) is 3.47. The largest absolute Gasteiger partial charge is 0.497 e. The molecular formula is C17H18N2O5S. The molecule has 4 N–H and O–H groups in total. The summed E-state index contributed by atoms with van der Waals surface area (Å²) >= 11 is 1.24. The van der Waals surface area contributed by atoms with Crippen molar-refractivity contribution in [3.63, 3.8) is 0 Å². The molecule has 0 aliphatic carbocycles. The van der Waals surface area contributed by atoms with E-state index in [4.69, 9.17) is 15.6 Å². The number of aliphatic carboxylic acids is 1. The molecule has 2 amide bonds. The maximum absolute atomic E-state index is 12.3. The Balaban J connectivity index is 2.10. The van der Waals surface area contributed by atoms with Crippen molar-refractivity contribution in [2.45, 2.75) is 18.9 Å². The van der Waals surface area contributed by atoms with Crippen molar-refractivity contribution >= 4 is 29.1 Å². The highest BCUT2D eigenvalue weighted by Gasteiger charge is 2.22. The highest BCUT2D eigenvalue weighted by atomic mass is 32.1. The zero-order valence-corrected chi connectivity index (χ0v) is 14.3. The molecule has 0 spiro atoms. The second-order valence-electron chi connectivity index (χ2n) is 5.27. The number of primary amides is 1. The van der Waals surface area contributed by atoms with E-state index in [2.05, 4.69) is 5.32 Å². The van der Waals surface area contributed by atoms with Gasteiger partial charge in [-0.1, -0.05) is 12.1 Å². The molecule has 0 aliphatic rings. The van der Waals surface area contributed by atoms with Crippen LogP contribution in [0.25, 0.3) is 10.4 Å². The molecule has 0 bridgehead atoms. The summed E-state index contributed by atoms with van der Waals surface area (Å²) in [6.07, 6.45) is -0.165. The molecule has 8 heteroatoms. The van der Waals surface area contributed by atoms with Gasteiger partial charge in [-0.25, -0.2) is 4.79 Å². The highest BCUT2D eigenvalue weighted by molar-refractivity contribution is 7.17. The minimum atomic E-state index is -1.21. The third-order valence-corrected chi connectivity index (χ3v) is 4.60. The van der Waals surface area contributed by atoms with Gasteiger partial charge in [-0.3, -0.25) is 9.59 Å². The number of carbonyl (C=O) groups is 3. The molecule has 25 heavy (non-hydrogen) atoms. The first-order chi connectivity index (χ1) is 11.9. The van der Waals surface area contributed by atoms with E-state index >= 15 is 0 Å². The summed E-state index contributed by atoms with van der Waals surface area (Å²) in [5.74, 6) is -1.62. The standard InChI is InChI=1S/C17H18N2O5S/c1-24-11-4-2-3-10(9-11)13-6-7-14(25-13)16(21)19-12(17(22)23)5-8-15(18)20/h2-4,6-7,9,12H,5,8H2,1H3,(H2,18,20)(H,19,21)(H,22,23)/t12-/m0/s1. The quantitative estimate of drug-likeness (QED) is 0.662. The van der Waals surface area contributed by atoms with Gasteiger partial charge in [-0.2, -0.15) is 0 Å². The second-order valence-corrected chi connectivity index (χ2v) is 6.35. The van der Waals surface area contributed by atoms with E-state index in [1.54, 1.807) is 19.2 Å². The number of carboxylic acids is 1. The van der Waals surface area contributed by atoms with Crippen molar-refractivity contribution in [1.29, 1.82) is 0 Å². The number of methoxy groups -OCH3 is 1. The summed E-state index contributed by atoms with van der Waals surface area (Å²) in [6.45, 7) is 0. The second kappa shape index (κ2) is 8.29.